The Labute approximate surface area is 113 Å². The van der Waals surface area contributed by atoms with Crippen LogP contribution >= 0.6 is 0 Å². The Hall–Kier alpha value is -1.62. The van der Waals surface area contributed by atoms with Gasteiger partial charge in [0.15, 0.2) is 0 Å². The van der Waals surface area contributed by atoms with Crippen LogP contribution in [0.3, 0.4) is 0 Å². The second kappa shape index (κ2) is 5.57. The maximum Gasteiger partial charge on any atom is 0.309 e. The van der Waals surface area contributed by atoms with Crippen molar-refractivity contribution in [3.63, 3.8) is 0 Å². The van der Waals surface area contributed by atoms with Crippen LogP contribution in [-0.2, 0) is 19.4 Å². The van der Waals surface area contributed by atoms with E-state index in [4.69, 9.17) is 4.74 Å². The van der Waals surface area contributed by atoms with Gasteiger partial charge in [-0.1, -0.05) is 24.3 Å². The van der Waals surface area contributed by atoms with Crippen LogP contribution < -0.4 is 0 Å². The largest absolute Gasteiger partial charge is 0.466 e. The van der Waals surface area contributed by atoms with Gasteiger partial charge in [-0.3, -0.25) is 4.79 Å². The molecule has 0 bridgehead atoms. The average Bonchev–Trinajstić information content (AvgIpc) is 2.90. The van der Waals surface area contributed by atoms with Gasteiger partial charge in [0.2, 0.25) is 9.84 Å². The van der Waals surface area contributed by atoms with Crippen molar-refractivity contribution < 1.29 is 17.9 Å². The van der Waals surface area contributed by atoms with Gasteiger partial charge >= 0.3 is 5.97 Å². The first kappa shape index (κ1) is 13.8. The van der Waals surface area contributed by atoms with E-state index in [0.717, 1.165) is 0 Å². The molecule has 0 spiro atoms. The average molecular weight is 280 g/mol. The molecule has 0 fully saturated rings. The third-order valence-electron chi connectivity index (χ3n) is 3.10. The number of carbonyl (C=O) groups excluding carboxylic acids is 1. The molecule has 0 heterocycles. The van der Waals surface area contributed by atoms with E-state index in [1.165, 1.54) is 0 Å². The number of carbonyl (C=O) groups is 1. The van der Waals surface area contributed by atoms with Crippen LogP contribution in [0.15, 0.2) is 46.2 Å². The number of hydrogen-bond acceptors (Lipinski definition) is 4. The highest BCUT2D eigenvalue weighted by molar-refractivity contribution is 7.95. The van der Waals surface area contributed by atoms with Crippen LogP contribution in [0.5, 0.6) is 0 Å². The molecule has 0 aromatic heterocycles. The molecule has 1 aliphatic carbocycles. The molecule has 1 aromatic rings. The fourth-order valence-corrected chi connectivity index (χ4v) is 3.65. The molecule has 0 unspecified atom stereocenters. The molecule has 1 atom stereocenters. The molecule has 1 aromatic carbocycles. The summed E-state index contributed by atoms with van der Waals surface area (Å²) < 4.78 is 29.6. The summed E-state index contributed by atoms with van der Waals surface area (Å²) in [4.78, 5) is 12.2. The van der Waals surface area contributed by atoms with Crippen LogP contribution in [0.2, 0.25) is 0 Å². The molecule has 1 aliphatic rings. The van der Waals surface area contributed by atoms with E-state index in [-0.39, 0.29) is 23.2 Å². The number of allylic oxidation sites excluding steroid dienone is 2. The summed E-state index contributed by atoms with van der Waals surface area (Å²) in [5.74, 6) is -0.689. The second-order valence-corrected chi connectivity index (χ2v) is 6.38. The van der Waals surface area contributed by atoms with Gasteiger partial charge in [0.1, 0.15) is 0 Å². The molecule has 5 heteroatoms. The van der Waals surface area contributed by atoms with E-state index in [2.05, 4.69) is 0 Å². The van der Waals surface area contributed by atoms with E-state index < -0.39 is 9.84 Å². The fraction of sp³-hybridized carbons (Fsp3) is 0.357. The summed E-state index contributed by atoms with van der Waals surface area (Å²) in [6.07, 6.45) is 2.29. The lowest BCUT2D eigenvalue weighted by atomic mass is 10.1. The molecule has 0 radical (unpaired) electrons. The molecule has 0 saturated heterocycles. The lowest BCUT2D eigenvalue weighted by Gasteiger charge is -2.09. The molecule has 102 valence electrons. The first-order chi connectivity index (χ1) is 9.05. The Balaban J connectivity index is 2.15. The van der Waals surface area contributed by atoms with Crippen LogP contribution in [0.1, 0.15) is 19.8 Å². The maximum atomic E-state index is 12.3. The molecular weight excluding hydrogens is 264 g/mol. The topological polar surface area (TPSA) is 60.4 Å². The van der Waals surface area contributed by atoms with Gasteiger partial charge in [-0.2, -0.15) is 0 Å². The standard InChI is InChI=1S/C14H16O4S/c1-2-18-14(15)11-8-9-13(10-11)19(16,17)12-6-4-3-5-7-12/h3-7,9,11H,2,8,10H2,1H3/t11-/m1/s1. The summed E-state index contributed by atoms with van der Waals surface area (Å²) in [5.41, 5.74) is 0. The number of hydrogen-bond donors (Lipinski definition) is 0. The van der Waals surface area contributed by atoms with Gasteiger partial charge in [0, 0.05) is 4.91 Å². The zero-order valence-corrected chi connectivity index (χ0v) is 11.5. The summed E-state index contributed by atoms with van der Waals surface area (Å²) in [5, 5.41) is 0. The van der Waals surface area contributed by atoms with Crippen molar-refractivity contribution in [2.24, 2.45) is 5.92 Å². The van der Waals surface area contributed by atoms with E-state index >= 15 is 0 Å². The third-order valence-corrected chi connectivity index (χ3v) is 5.01. The van der Waals surface area contributed by atoms with E-state index in [0.29, 0.717) is 17.9 Å². The highest BCUT2D eigenvalue weighted by atomic mass is 32.2. The molecule has 0 aliphatic heterocycles. The maximum absolute atomic E-state index is 12.3. The van der Waals surface area contributed by atoms with Gasteiger partial charge in [-0.15, -0.1) is 0 Å². The van der Waals surface area contributed by atoms with Gasteiger partial charge in [-0.25, -0.2) is 8.42 Å². The van der Waals surface area contributed by atoms with Crippen LogP contribution in [0.4, 0.5) is 0 Å². The Morgan fingerprint density at radius 1 is 1.32 bits per heavy atom. The van der Waals surface area contributed by atoms with Crippen LogP contribution in [0, 0.1) is 5.92 Å². The minimum atomic E-state index is -3.47. The van der Waals surface area contributed by atoms with Crippen molar-refractivity contribution >= 4 is 15.8 Å². The smallest absolute Gasteiger partial charge is 0.309 e. The normalized spacial score (nSPS) is 19.0. The highest BCUT2D eigenvalue weighted by Crippen LogP contribution is 2.33. The Bertz CT molecular complexity index is 587. The monoisotopic (exact) mass is 280 g/mol. The van der Waals surface area contributed by atoms with Crippen molar-refractivity contribution in [3.05, 3.63) is 41.3 Å². The lowest BCUT2D eigenvalue weighted by molar-refractivity contribution is -0.147. The zero-order chi connectivity index (χ0) is 13.9. The van der Waals surface area contributed by atoms with Gasteiger partial charge < -0.3 is 4.74 Å². The van der Waals surface area contributed by atoms with Crippen LogP contribution in [-0.4, -0.2) is 21.0 Å². The summed E-state index contributed by atoms with van der Waals surface area (Å²) in [6.45, 7) is 2.05. The molecule has 4 nitrogen and oxygen atoms in total. The SMILES string of the molecule is CCOC(=O)[C@@H]1CC=C(S(=O)(=O)c2ccccc2)C1. The van der Waals surface area contributed by atoms with Crippen molar-refractivity contribution in [2.75, 3.05) is 6.61 Å². The number of rotatable bonds is 4. The molecule has 19 heavy (non-hydrogen) atoms. The first-order valence-corrected chi connectivity index (χ1v) is 7.70. The summed E-state index contributed by atoms with van der Waals surface area (Å²) in [6, 6.07) is 8.27. The Morgan fingerprint density at radius 3 is 2.63 bits per heavy atom. The minimum absolute atomic E-state index is 0.232. The van der Waals surface area contributed by atoms with Gasteiger partial charge in [0.05, 0.1) is 17.4 Å². The van der Waals surface area contributed by atoms with Gasteiger partial charge in [-0.05, 0) is 31.9 Å². The Kier molecular flexibility index (Phi) is 4.04. The number of benzene rings is 1. The predicted molar refractivity (Wildman–Crippen MR) is 71.1 cm³/mol. The van der Waals surface area contributed by atoms with E-state index in [1.54, 1.807) is 43.3 Å². The summed E-state index contributed by atoms with van der Waals surface area (Å²) >= 11 is 0. The van der Waals surface area contributed by atoms with Crippen molar-refractivity contribution in [3.8, 4) is 0 Å². The number of esters is 1. The molecule has 0 N–H and O–H groups in total. The molecular formula is C14H16O4S. The lowest BCUT2D eigenvalue weighted by Crippen LogP contribution is -2.16. The second-order valence-electron chi connectivity index (χ2n) is 4.38. The fourth-order valence-electron chi connectivity index (χ4n) is 2.09. The third kappa shape index (κ3) is 2.87. The molecule has 2 rings (SSSR count). The molecule has 0 amide bonds. The minimum Gasteiger partial charge on any atom is -0.466 e. The van der Waals surface area contributed by atoms with Crippen molar-refractivity contribution in [1.29, 1.82) is 0 Å². The van der Waals surface area contributed by atoms with Gasteiger partial charge in [0.25, 0.3) is 0 Å². The first-order valence-electron chi connectivity index (χ1n) is 6.21. The number of sulfone groups is 1. The Morgan fingerprint density at radius 2 is 2.00 bits per heavy atom. The highest BCUT2D eigenvalue weighted by Gasteiger charge is 2.32. The zero-order valence-electron chi connectivity index (χ0n) is 10.7. The van der Waals surface area contributed by atoms with Crippen molar-refractivity contribution in [2.45, 2.75) is 24.7 Å². The number of ether oxygens (including phenoxy) is 1. The quantitative estimate of drug-likeness (QED) is 0.794. The molecule has 0 saturated carbocycles. The van der Waals surface area contributed by atoms with Crippen LogP contribution in [0.25, 0.3) is 0 Å². The van der Waals surface area contributed by atoms with E-state index in [1.807, 2.05) is 0 Å². The van der Waals surface area contributed by atoms with E-state index in [9.17, 15) is 13.2 Å². The summed E-state index contributed by atoms with van der Waals surface area (Å²) in [7, 11) is -3.47. The van der Waals surface area contributed by atoms with Crippen molar-refractivity contribution in [1.82, 2.24) is 0 Å². The predicted octanol–water partition coefficient (Wildman–Crippen LogP) is 2.32.